The van der Waals surface area contributed by atoms with E-state index in [0.29, 0.717) is 58.3 Å². The van der Waals surface area contributed by atoms with E-state index in [9.17, 15) is 4.79 Å². The van der Waals surface area contributed by atoms with Crippen LogP contribution in [0.2, 0.25) is 0 Å². The molecule has 0 aromatic carbocycles. The van der Waals surface area contributed by atoms with Crippen LogP contribution < -0.4 is 5.32 Å². The number of nitrogens with one attached hydrogen (secondary N) is 1. The van der Waals surface area contributed by atoms with Crippen LogP contribution >= 0.6 is 0 Å². The highest BCUT2D eigenvalue weighted by molar-refractivity contribution is 5.78. The molecule has 0 rings (SSSR count). The Labute approximate surface area is 117 Å². The maximum atomic E-state index is 11.3. The Balaban J connectivity index is 3.04. The highest BCUT2D eigenvalue weighted by Crippen LogP contribution is 1.98. The van der Waals surface area contributed by atoms with Crippen molar-refractivity contribution in [2.45, 2.75) is 32.6 Å². The highest BCUT2D eigenvalue weighted by Gasteiger charge is 2.00. The Kier molecular flexibility index (Phi) is 15.2. The molecule has 0 aliphatic rings. The maximum Gasteiger partial charge on any atom is 0.135 e. The van der Waals surface area contributed by atoms with Crippen molar-refractivity contribution in [2.75, 3.05) is 53.2 Å². The lowest BCUT2D eigenvalue weighted by atomic mass is 10.1. The normalized spacial score (nSPS) is 10.8. The number of ketones is 1. The minimum absolute atomic E-state index is 0.292. The molecule has 0 aromatic heterocycles. The van der Waals surface area contributed by atoms with Gasteiger partial charge < -0.3 is 19.5 Å². The van der Waals surface area contributed by atoms with Gasteiger partial charge in [0.25, 0.3) is 0 Å². The fraction of sp³-hybridized carbons (Fsp3) is 0.929. The largest absolute Gasteiger partial charge is 0.379 e. The summed E-state index contributed by atoms with van der Waals surface area (Å²) in [5, 5.41) is 3.00. The number of likely N-dealkylation sites (N-methyl/N-ethyl adjacent to an activating group) is 1. The fourth-order valence-electron chi connectivity index (χ4n) is 1.40. The van der Waals surface area contributed by atoms with Gasteiger partial charge in [0.2, 0.25) is 0 Å². The van der Waals surface area contributed by atoms with Crippen LogP contribution in [0.4, 0.5) is 0 Å². The summed E-state index contributed by atoms with van der Waals surface area (Å²) in [7, 11) is 1.89. The number of carbonyl (C=O) groups is 1. The lowest BCUT2D eigenvalue weighted by Crippen LogP contribution is -2.16. The molecule has 0 saturated heterocycles. The van der Waals surface area contributed by atoms with Crippen molar-refractivity contribution in [1.82, 2.24) is 5.32 Å². The fourth-order valence-corrected chi connectivity index (χ4v) is 1.40. The van der Waals surface area contributed by atoms with Crippen molar-refractivity contribution < 1.29 is 19.0 Å². The molecule has 1 N–H and O–H groups in total. The van der Waals surface area contributed by atoms with Crippen LogP contribution in [0.25, 0.3) is 0 Å². The molecule has 0 aliphatic carbocycles. The zero-order valence-electron chi connectivity index (χ0n) is 12.4. The third-order valence-electron chi connectivity index (χ3n) is 2.57. The number of ether oxygens (including phenoxy) is 3. The van der Waals surface area contributed by atoms with Gasteiger partial charge in [-0.3, -0.25) is 4.79 Å². The molecule has 5 heteroatoms. The molecular formula is C14H29NO4. The Hall–Kier alpha value is -0.490. The third-order valence-corrected chi connectivity index (χ3v) is 2.57. The van der Waals surface area contributed by atoms with Gasteiger partial charge in [-0.25, -0.2) is 0 Å². The van der Waals surface area contributed by atoms with E-state index >= 15 is 0 Å². The SMILES string of the molecule is CCCCC(=O)CCOCCOCCOCCNC. The monoisotopic (exact) mass is 275 g/mol. The van der Waals surface area contributed by atoms with Crippen LogP contribution in [0.3, 0.4) is 0 Å². The van der Waals surface area contributed by atoms with Gasteiger partial charge in [0.15, 0.2) is 0 Å². The third kappa shape index (κ3) is 15.5. The van der Waals surface area contributed by atoms with E-state index in [1.807, 2.05) is 7.05 Å². The first-order valence-electron chi connectivity index (χ1n) is 7.20. The average Bonchev–Trinajstić information content (AvgIpc) is 2.42. The van der Waals surface area contributed by atoms with E-state index in [1.165, 1.54) is 0 Å². The minimum Gasteiger partial charge on any atom is -0.379 e. The molecule has 0 radical (unpaired) electrons. The van der Waals surface area contributed by atoms with Crippen molar-refractivity contribution in [3.05, 3.63) is 0 Å². The van der Waals surface area contributed by atoms with E-state index in [2.05, 4.69) is 12.2 Å². The second-order valence-electron chi connectivity index (χ2n) is 4.33. The van der Waals surface area contributed by atoms with Gasteiger partial charge in [0.05, 0.1) is 39.6 Å². The summed E-state index contributed by atoms with van der Waals surface area (Å²) < 4.78 is 16.0. The molecule has 0 aliphatic heterocycles. The molecule has 0 saturated carbocycles. The number of unbranched alkanes of at least 4 members (excludes halogenated alkanes) is 1. The van der Waals surface area contributed by atoms with Gasteiger partial charge in [-0.05, 0) is 13.5 Å². The van der Waals surface area contributed by atoms with Crippen molar-refractivity contribution in [3.63, 3.8) is 0 Å². The summed E-state index contributed by atoms with van der Waals surface area (Å²) in [4.78, 5) is 11.3. The molecule has 0 spiro atoms. The number of rotatable bonds is 15. The zero-order chi connectivity index (χ0) is 14.2. The first-order valence-corrected chi connectivity index (χ1v) is 7.20. The van der Waals surface area contributed by atoms with Crippen molar-refractivity contribution >= 4 is 5.78 Å². The molecule has 0 aromatic rings. The number of Topliss-reactive ketones (excluding diaryl/α,β-unsaturated/α-hetero) is 1. The number of carbonyl (C=O) groups excluding carboxylic acids is 1. The summed E-state index contributed by atoms with van der Waals surface area (Å²) in [6.07, 6.45) is 3.25. The molecule has 0 unspecified atom stereocenters. The minimum atomic E-state index is 0.292. The second kappa shape index (κ2) is 15.6. The average molecular weight is 275 g/mol. The first kappa shape index (κ1) is 18.5. The smallest absolute Gasteiger partial charge is 0.135 e. The van der Waals surface area contributed by atoms with Crippen LogP contribution in [0.15, 0.2) is 0 Å². The Bertz CT molecular complexity index is 200. The molecule has 114 valence electrons. The molecule has 0 amide bonds. The number of hydrogen-bond acceptors (Lipinski definition) is 5. The van der Waals surface area contributed by atoms with E-state index in [4.69, 9.17) is 14.2 Å². The molecule has 0 fully saturated rings. The molecule has 0 heterocycles. The Morgan fingerprint density at radius 1 is 0.895 bits per heavy atom. The van der Waals surface area contributed by atoms with Crippen molar-refractivity contribution in [3.8, 4) is 0 Å². The van der Waals surface area contributed by atoms with Gasteiger partial charge in [-0.15, -0.1) is 0 Å². The van der Waals surface area contributed by atoms with Crippen molar-refractivity contribution in [1.29, 1.82) is 0 Å². The summed E-state index contributed by atoms with van der Waals surface area (Å²) >= 11 is 0. The van der Waals surface area contributed by atoms with Gasteiger partial charge in [0, 0.05) is 19.4 Å². The van der Waals surface area contributed by atoms with Gasteiger partial charge in [0.1, 0.15) is 5.78 Å². The Morgan fingerprint density at radius 3 is 2.05 bits per heavy atom. The molecule has 19 heavy (non-hydrogen) atoms. The summed E-state index contributed by atoms with van der Waals surface area (Å²) in [6.45, 7) is 6.44. The van der Waals surface area contributed by atoms with Crippen LogP contribution in [0.5, 0.6) is 0 Å². The van der Waals surface area contributed by atoms with E-state index in [0.717, 1.165) is 19.4 Å². The zero-order valence-corrected chi connectivity index (χ0v) is 12.4. The molecule has 5 nitrogen and oxygen atoms in total. The number of hydrogen-bond donors (Lipinski definition) is 1. The van der Waals surface area contributed by atoms with Gasteiger partial charge in [-0.1, -0.05) is 13.3 Å². The van der Waals surface area contributed by atoms with Crippen molar-refractivity contribution in [2.24, 2.45) is 0 Å². The highest BCUT2D eigenvalue weighted by atomic mass is 16.5. The van der Waals surface area contributed by atoms with Gasteiger partial charge >= 0.3 is 0 Å². The molecular weight excluding hydrogens is 246 g/mol. The predicted molar refractivity (Wildman–Crippen MR) is 75.5 cm³/mol. The maximum absolute atomic E-state index is 11.3. The summed E-state index contributed by atoms with van der Waals surface area (Å²) in [5.74, 6) is 0.292. The van der Waals surface area contributed by atoms with Crippen LogP contribution in [-0.2, 0) is 19.0 Å². The quantitative estimate of drug-likeness (QED) is 0.458. The second-order valence-corrected chi connectivity index (χ2v) is 4.33. The molecule has 0 bridgehead atoms. The standard InChI is InChI=1S/C14H29NO4/c1-3-4-5-14(16)6-8-17-10-12-19-13-11-18-9-7-15-2/h15H,3-13H2,1-2H3. The van der Waals surface area contributed by atoms with E-state index < -0.39 is 0 Å². The lowest BCUT2D eigenvalue weighted by molar-refractivity contribution is -0.120. The lowest BCUT2D eigenvalue weighted by Gasteiger charge is -2.06. The van der Waals surface area contributed by atoms with Crippen LogP contribution in [0, 0.1) is 0 Å². The van der Waals surface area contributed by atoms with Gasteiger partial charge in [-0.2, -0.15) is 0 Å². The van der Waals surface area contributed by atoms with Crippen LogP contribution in [-0.4, -0.2) is 59.0 Å². The Morgan fingerprint density at radius 2 is 1.47 bits per heavy atom. The molecule has 0 atom stereocenters. The summed E-state index contributed by atoms with van der Waals surface area (Å²) in [5.41, 5.74) is 0. The van der Waals surface area contributed by atoms with E-state index in [-0.39, 0.29) is 0 Å². The van der Waals surface area contributed by atoms with E-state index in [1.54, 1.807) is 0 Å². The first-order chi connectivity index (χ1) is 9.31. The topological polar surface area (TPSA) is 56.8 Å². The predicted octanol–water partition coefficient (Wildman–Crippen LogP) is 1.40. The summed E-state index contributed by atoms with van der Waals surface area (Å²) in [6, 6.07) is 0. The van der Waals surface area contributed by atoms with Crippen LogP contribution in [0.1, 0.15) is 32.6 Å².